The van der Waals surface area contributed by atoms with Crippen LogP contribution in [0, 0.1) is 0 Å². The van der Waals surface area contributed by atoms with Crippen molar-refractivity contribution in [3.05, 3.63) is 71.8 Å². The van der Waals surface area contributed by atoms with Crippen molar-refractivity contribution in [2.24, 2.45) is 0 Å². The molecule has 1 N–H and O–H groups in total. The van der Waals surface area contributed by atoms with E-state index in [9.17, 15) is 47.9 Å². The van der Waals surface area contributed by atoms with E-state index in [4.69, 9.17) is 4.55 Å². The van der Waals surface area contributed by atoms with E-state index in [-0.39, 0.29) is 0 Å². The lowest BCUT2D eigenvalue weighted by Crippen LogP contribution is -2.63. The van der Waals surface area contributed by atoms with Gasteiger partial charge < -0.3 is 0 Å². The summed E-state index contributed by atoms with van der Waals surface area (Å²) in [5.74, 6) is -14.7. The first-order valence-electron chi connectivity index (χ1n) is 7.70. The maximum atomic E-state index is 12.2. The van der Waals surface area contributed by atoms with Crippen molar-refractivity contribution in [1.82, 2.24) is 0 Å². The number of hydrogen-bond acceptors (Lipinski definition) is 2. The summed E-state index contributed by atoms with van der Waals surface area (Å²) in [6, 6.07) is 21.1. The fourth-order valence-electron chi connectivity index (χ4n) is 1.95. The summed E-state index contributed by atoms with van der Waals surface area (Å²) < 4.78 is 134. The number of alkyl halides is 9. The summed E-state index contributed by atoms with van der Waals surface area (Å²) in [5, 5.41) is -7.00. The summed E-state index contributed by atoms with van der Waals surface area (Å²) >= 11 is 0. The van der Waals surface area contributed by atoms with E-state index in [1.807, 2.05) is 0 Å². The van der Waals surface area contributed by atoms with Gasteiger partial charge in [0.25, 0.3) is 0 Å². The Labute approximate surface area is 164 Å². The molecule has 0 aliphatic heterocycles. The van der Waals surface area contributed by atoms with Crippen molar-refractivity contribution in [3.63, 3.8) is 0 Å². The molecule has 3 nitrogen and oxygen atoms in total. The molecule has 0 fully saturated rings. The van der Waals surface area contributed by atoms with Crippen molar-refractivity contribution in [1.29, 1.82) is 0 Å². The van der Waals surface area contributed by atoms with Crippen molar-refractivity contribution in [2.75, 3.05) is 0 Å². The highest BCUT2D eigenvalue weighted by Crippen LogP contribution is 2.54. The summed E-state index contributed by atoms with van der Waals surface area (Å²) in [7, 11) is -7.17. The third-order valence-electron chi connectivity index (χ3n) is 3.53. The topological polar surface area (TPSA) is 54.4 Å². The molecule has 0 amide bonds. The number of rotatable bonds is 5. The second kappa shape index (κ2) is 8.84. The van der Waals surface area contributed by atoms with Crippen LogP contribution in [0.3, 0.4) is 0 Å². The highest BCUT2D eigenvalue weighted by Gasteiger charge is 2.85. The molecule has 0 saturated carbocycles. The van der Waals surface area contributed by atoms with Crippen molar-refractivity contribution < 1.29 is 52.5 Å². The van der Waals surface area contributed by atoms with Gasteiger partial charge in [-0.2, -0.15) is 47.9 Å². The monoisotopic (exact) mass is 468 g/mol. The smallest absolute Gasteiger partial charge is 0.281 e. The third-order valence-corrected chi connectivity index (χ3v) is 4.44. The average molecular weight is 468 g/mol. The molecule has 0 spiro atoms. The van der Waals surface area contributed by atoms with Gasteiger partial charge in [0, 0.05) is 0 Å². The molecule has 168 valence electrons. The van der Waals surface area contributed by atoms with Gasteiger partial charge in [-0.3, -0.25) is 4.55 Å². The zero-order valence-electron chi connectivity index (χ0n) is 14.6. The molecule has 2 aromatic rings. The van der Waals surface area contributed by atoms with Crippen LogP contribution in [0.15, 0.2) is 60.7 Å². The minimum Gasteiger partial charge on any atom is -0.281 e. The van der Waals surface area contributed by atoms with Crippen LogP contribution in [0.4, 0.5) is 39.5 Å². The Hall–Kier alpha value is -2.28. The van der Waals surface area contributed by atoms with E-state index >= 15 is 0 Å². The number of halogens is 9. The molecule has 0 aliphatic carbocycles. The van der Waals surface area contributed by atoms with Crippen LogP contribution in [0.2, 0.25) is 0 Å². The highest BCUT2D eigenvalue weighted by atomic mass is 32.2. The van der Waals surface area contributed by atoms with Crippen LogP contribution in [0.25, 0.3) is 0 Å². The van der Waals surface area contributed by atoms with Gasteiger partial charge in [-0.1, -0.05) is 60.7 Å². The van der Waals surface area contributed by atoms with E-state index in [1.165, 1.54) is 11.1 Å². The Balaban J connectivity index is 0.000000308. The zero-order valence-corrected chi connectivity index (χ0v) is 15.4. The van der Waals surface area contributed by atoms with Gasteiger partial charge in [0.15, 0.2) is 0 Å². The molecule has 30 heavy (non-hydrogen) atoms. The first kappa shape index (κ1) is 25.8. The second-order valence-electron chi connectivity index (χ2n) is 5.79. The fourth-order valence-corrected chi connectivity index (χ4v) is 2.40. The molecule has 0 aliphatic rings. The minimum atomic E-state index is -7.37. The molecule has 0 saturated heterocycles. The van der Waals surface area contributed by atoms with Crippen molar-refractivity contribution in [2.45, 2.75) is 29.7 Å². The van der Waals surface area contributed by atoms with Crippen LogP contribution in [-0.2, 0) is 16.5 Å². The van der Waals surface area contributed by atoms with Gasteiger partial charge in [0.1, 0.15) is 0 Å². The summed E-state index contributed by atoms with van der Waals surface area (Å²) in [5.41, 5.74) is 2.74. The predicted octanol–water partition coefficient (Wildman–Crippen LogP) is 5.58. The van der Waals surface area contributed by atoms with Crippen LogP contribution in [0.5, 0.6) is 0 Å². The van der Waals surface area contributed by atoms with E-state index in [0.29, 0.717) is 0 Å². The minimum absolute atomic E-state index is 1.03. The summed E-state index contributed by atoms with van der Waals surface area (Å²) in [4.78, 5) is 0. The lowest BCUT2D eigenvalue weighted by molar-refractivity contribution is -0.382. The number of benzene rings is 2. The highest BCUT2D eigenvalue weighted by molar-refractivity contribution is 7.87. The molecule has 0 radical (unpaired) electrons. The van der Waals surface area contributed by atoms with Gasteiger partial charge in [-0.15, -0.1) is 0 Å². The fraction of sp³-hybridized carbons (Fsp3) is 0.294. The van der Waals surface area contributed by atoms with E-state index in [0.717, 1.165) is 6.42 Å². The molecule has 2 aromatic carbocycles. The molecule has 0 unspecified atom stereocenters. The lowest BCUT2D eigenvalue weighted by atomic mass is 10.1. The van der Waals surface area contributed by atoms with Crippen LogP contribution < -0.4 is 0 Å². The molecule has 0 atom stereocenters. The SMILES string of the molecule is O=S(=O)(O)C(F)(F)C(F)(F)C(F)(F)C(F)(F)F.c1ccc(Cc2ccccc2)cc1. The number of hydrogen-bond donors (Lipinski definition) is 1. The van der Waals surface area contributed by atoms with E-state index < -0.39 is 33.4 Å². The standard InChI is InChI=1S/C13H12.C4HF9O3S/c1-3-7-12(8-4-1)11-13-9-5-2-6-10-13;5-1(6,3(9,10)11)2(7,8)4(12,13)17(14,15)16/h1-10H,11H2;(H,14,15,16). The van der Waals surface area contributed by atoms with Gasteiger partial charge in [0.05, 0.1) is 0 Å². The van der Waals surface area contributed by atoms with Crippen LogP contribution >= 0.6 is 0 Å². The van der Waals surface area contributed by atoms with Gasteiger partial charge in [-0.25, -0.2) is 0 Å². The van der Waals surface area contributed by atoms with Crippen LogP contribution in [-0.4, -0.2) is 36.2 Å². The van der Waals surface area contributed by atoms with E-state index in [1.54, 1.807) is 0 Å². The molecule has 0 bridgehead atoms. The summed E-state index contributed by atoms with van der Waals surface area (Å²) in [6.07, 6.45) is -6.10. The molecule has 2 rings (SSSR count). The lowest BCUT2D eigenvalue weighted by Gasteiger charge is -2.31. The van der Waals surface area contributed by atoms with Crippen LogP contribution in [0.1, 0.15) is 11.1 Å². The molecular formula is C17H13F9O3S. The summed E-state index contributed by atoms with van der Waals surface area (Å²) in [6.45, 7) is 0. The maximum absolute atomic E-state index is 12.2. The molecular weight excluding hydrogens is 455 g/mol. The normalized spacial score (nSPS) is 13.4. The third kappa shape index (κ3) is 5.45. The first-order valence-corrected chi connectivity index (χ1v) is 9.14. The molecule has 13 heteroatoms. The largest absolute Gasteiger partial charge is 0.460 e. The Morgan fingerprint density at radius 3 is 1.23 bits per heavy atom. The molecule has 0 aromatic heterocycles. The Bertz CT molecular complexity index is 875. The van der Waals surface area contributed by atoms with Crippen molar-refractivity contribution in [3.8, 4) is 0 Å². The second-order valence-corrected chi connectivity index (χ2v) is 7.25. The van der Waals surface area contributed by atoms with Gasteiger partial charge in [0.2, 0.25) is 0 Å². The van der Waals surface area contributed by atoms with Crippen molar-refractivity contribution >= 4 is 10.1 Å². The predicted molar refractivity (Wildman–Crippen MR) is 88.1 cm³/mol. The first-order chi connectivity index (χ1) is 13.4. The van der Waals surface area contributed by atoms with Gasteiger partial charge >= 0.3 is 33.4 Å². The Kier molecular flexibility index (Phi) is 7.59. The average Bonchev–Trinajstić information content (AvgIpc) is 2.62. The van der Waals surface area contributed by atoms with Gasteiger partial charge in [-0.05, 0) is 17.5 Å². The Morgan fingerprint density at radius 1 is 0.633 bits per heavy atom. The molecule has 0 heterocycles. The zero-order chi connectivity index (χ0) is 23.4. The Morgan fingerprint density at radius 2 is 0.967 bits per heavy atom. The van der Waals surface area contributed by atoms with E-state index in [2.05, 4.69) is 60.7 Å². The maximum Gasteiger partial charge on any atom is 0.460 e. The quantitative estimate of drug-likeness (QED) is 0.461.